The molecule has 0 N–H and O–H groups in total. The maximum Gasteiger partial charge on any atom is 1.00 e. The zero-order valence-electron chi connectivity index (χ0n) is 4.25. The van der Waals surface area contributed by atoms with Gasteiger partial charge in [0.15, 0.2) is 0 Å². The molecule has 0 aromatic rings. The number of rotatable bonds is 0. The third kappa shape index (κ3) is 3.63. The largest absolute Gasteiger partial charge is 1.00 e. The summed E-state index contributed by atoms with van der Waals surface area (Å²) in [5, 5.41) is 26.8. The van der Waals surface area contributed by atoms with Crippen LogP contribution in [0.1, 0.15) is 0 Å². The summed E-state index contributed by atoms with van der Waals surface area (Å²) >= 11 is 0. The molecule has 0 spiro atoms. The van der Waals surface area contributed by atoms with E-state index in [1.165, 1.54) is 12.1 Å². The van der Waals surface area contributed by atoms with Crippen molar-refractivity contribution >= 4 is 5.71 Å². The first-order valence-corrected chi connectivity index (χ1v) is 1.35. The first kappa shape index (κ1) is 10.4. The molecule has 0 unspecified atom stereocenters. The Morgan fingerprint density at radius 3 is 1.75 bits per heavy atom. The van der Waals surface area contributed by atoms with E-state index in [0.29, 0.717) is 0 Å². The van der Waals surface area contributed by atoms with Gasteiger partial charge in [0.05, 0.1) is 0 Å². The Morgan fingerprint density at radius 1 is 1.38 bits per heavy atom. The van der Waals surface area contributed by atoms with E-state index in [-0.39, 0.29) is 29.6 Å². The molecule has 0 atom stereocenters. The molecule has 0 fully saturated rings. The second kappa shape index (κ2) is 6.45. The van der Waals surface area contributed by atoms with Crippen LogP contribution in [-0.2, 0) is 0 Å². The molecule has 0 amide bonds. The van der Waals surface area contributed by atoms with Gasteiger partial charge in [0.2, 0.25) is 5.71 Å². The molecule has 5 heteroatoms. The summed E-state index contributed by atoms with van der Waals surface area (Å²) in [6.07, 6.45) is 0. The Bertz CT molecular complexity index is 146. The molecule has 0 aliphatic carbocycles. The fourth-order valence-corrected chi connectivity index (χ4v) is 0.0658. The van der Waals surface area contributed by atoms with Crippen molar-refractivity contribution < 1.29 is 29.6 Å². The Kier molecular flexibility index (Phi) is 8.41. The van der Waals surface area contributed by atoms with Crippen LogP contribution >= 0.6 is 0 Å². The van der Waals surface area contributed by atoms with Crippen LogP contribution in [0.2, 0.25) is 0 Å². The van der Waals surface area contributed by atoms with Crippen molar-refractivity contribution in [2.75, 3.05) is 0 Å². The second-order valence-corrected chi connectivity index (χ2v) is 0.664. The molecule has 0 saturated heterocycles. The topological polar surface area (TPSA) is 83.0 Å². The van der Waals surface area contributed by atoms with E-state index in [2.05, 4.69) is 5.16 Å². The zero-order chi connectivity index (χ0) is 5.70. The van der Waals surface area contributed by atoms with Gasteiger partial charge < -0.3 is 5.21 Å². The third-order valence-electron chi connectivity index (χ3n) is 0.303. The van der Waals surface area contributed by atoms with E-state index in [0.717, 1.165) is 0 Å². The minimum atomic E-state index is -0.639. The standard InChI is InChI=1S/C3HN3O.Na/c4-1-3(2-5)6-7;/h7H;/q;+1/p-1. The summed E-state index contributed by atoms with van der Waals surface area (Å²) in [5.74, 6) is 0. The van der Waals surface area contributed by atoms with E-state index < -0.39 is 5.71 Å². The van der Waals surface area contributed by atoms with E-state index in [4.69, 9.17) is 10.5 Å². The maximum atomic E-state index is 9.24. The van der Waals surface area contributed by atoms with Gasteiger partial charge in [0, 0.05) is 0 Å². The van der Waals surface area contributed by atoms with Crippen LogP contribution in [0.4, 0.5) is 0 Å². The van der Waals surface area contributed by atoms with Gasteiger partial charge in [-0.3, -0.25) is 5.16 Å². The van der Waals surface area contributed by atoms with Crippen LogP contribution in [0.25, 0.3) is 0 Å². The normalized spacial score (nSPS) is 4.75. The minimum Gasteiger partial charge on any atom is -0.790 e. The zero-order valence-corrected chi connectivity index (χ0v) is 6.25. The predicted octanol–water partition coefficient (Wildman–Crippen LogP) is -3.02. The number of nitrogens with zero attached hydrogens (tertiary/aromatic N) is 3. The molecule has 0 bridgehead atoms. The van der Waals surface area contributed by atoms with Crippen molar-refractivity contribution in [2.45, 2.75) is 0 Å². The summed E-state index contributed by atoms with van der Waals surface area (Å²) in [4.78, 5) is 0. The summed E-state index contributed by atoms with van der Waals surface area (Å²) < 4.78 is 0. The van der Waals surface area contributed by atoms with Gasteiger partial charge in [-0.25, -0.2) is 0 Å². The van der Waals surface area contributed by atoms with Crippen molar-refractivity contribution in [3.05, 3.63) is 5.21 Å². The van der Waals surface area contributed by atoms with E-state index in [9.17, 15) is 5.21 Å². The monoisotopic (exact) mass is 117 g/mol. The molecule has 0 radical (unpaired) electrons. The second-order valence-electron chi connectivity index (χ2n) is 0.664. The molecule has 0 heterocycles. The Hall–Kier alpha value is -0.550. The van der Waals surface area contributed by atoms with Crippen molar-refractivity contribution in [3.63, 3.8) is 0 Å². The van der Waals surface area contributed by atoms with Gasteiger partial charge >= 0.3 is 29.6 Å². The smallest absolute Gasteiger partial charge is 0.790 e. The fraction of sp³-hybridized carbons (Fsp3) is 0. The van der Waals surface area contributed by atoms with Crippen molar-refractivity contribution in [3.8, 4) is 12.1 Å². The van der Waals surface area contributed by atoms with Crippen molar-refractivity contribution in [2.24, 2.45) is 5.16 Å². The number of hydrogen-bond donors (Lipinski definition) is 0. The molecular weight excluding hydrogens is 117 g/mol. The van der Waals surface area contributed by atoms with Gasteiger partial charge in [0.1, 0.15) is 12.1 Å². The van der Waals surface area contributed by atoms with Crippen molar-refractivity contribution in [1.29, 1.82) is 10.5 Å². The molecule has 8 heavy (non-hydrogen) atoms. The van der Waals surface area contributed by atoms with Gasteiger partial charge in [-0.15, -0.1) is 0 Å². The van der Waals surface area contributed by atoms with Gasteiger partial charge in [0.25, 0.3) is 0 Å². The predicted molar refractivity (Wildman–Crippen MR) is 22.0 cm³/mol. The van der Waals surface area contributed by atoms with Crippen LogP contribution in [0, 0.1) is 27.9 Å². The van der Waals surface area contributed by atoms with Crippen LogP contribution in [-0.4, -0.2) is 5.71 Å². The van der Waals surface area contributed by atoms with E-state index in [1.54, 1.807) is 0 Å². The summed E-state index contributed by atoms with van der Waals surface area (Å²) in [6, 6.07) is 2.56. The third-order valence-corrected chi connectivity index (χ3v) is 0.303. The Labute approximate surface area is 68.3 Å². The quantitative estimate of drug-likeness (QED) is 0.192. The minimum absolute atomic E-state index is 0. The van der Waals surface area contributed by atoms with E-state index >= 15 is 0 Å². The average molecular weight is 117 g/mol. The summed E-state index contributed by atoms with van der Waals surface area (Å²) in [6.45, 7) is 0. The molecule has 0 rings (SSSR count). The first-order chi connectivity index (χ1) is 3.35. The molecule has 0 aromatic carbocycles. The maximum absolute atomic E-state index is 9.24. The average Bonchev–Trinajstić information content (AvgIpc) is 1.72. The van der Waals surface area contributed by atoms with Crippen LogP contribution in [0.5, 0.6) is 0 Å². The Balaban J connectivity index is 0. The molecule has 34 valence electrons. The van der Waals surface area contributed by atoms with E-state index in [1.807, 2.05) is 0 Å². The Morgan fingerprint density at radius 2 is 1.75 bits per heavy atom. The fourth-order valence-electron chi connectivity index (χ4n) is 0.0658. The summed E-state index contributed by atoms with van der Waals surface area (Å²) in [5.41, 5.74) is -0.639. The summed E-state index contributed by atoms with van der Waals surface area (Å²) in [7, 11) is 0. The first-order valence-electron chi connectivity index (χ1n) is 1.35. The molecular formula is C3N3NaO. The molecule has 0 saturated carbocycles. The molecule has 4 nitrogen and oxygen atoms in total. The van der Waals surface area contributed by atoms with Crippen LogP contribution < -0.4 is 29.6 Å². The molecule has 0 aliphatic rings. The molecule has 0 aromatic heterocycles. The number of hydrogen-bond acceptors (Lipinski definition) is 4. The van der Waals surface area contributed by atoms with Crippen LogP contribution in [0.3, 0.4) is 0 Å². The SMILES string of the molecule is N#CC(C#N)=N[O-].[Na+]. The van der Waals surface area contributed by atoms with Gasteiger partial charge in [-0.2, -0.15) is 10.5 Å². The van der Waals surface area contributed by atoms with Crippen LogP contribution in [0.15, 0.2) is 5.16 Å². The number of nitriles is 2. The van der Waals surface area contributed by atoms with Gasteiger partial charge in [-0.1, -0.05) is 0 Å². The van der Waals surface area contributed by atoms with Crippen molar-refractivity contribution in [1.82, 2.24) is 0 Å². The molecule has 0 aliphatic heterocycles. The van der Waals surface area contributed by atoms with Gasteiger partial charge in [-0.05, 0) is 0 Å².